The number of ether oxygens (including phenoxy) is 3. The van der Waals surface area contributed by atoms with Gasteiger partial charge < -0.3 is 24.8 Å². The summed E-state index contributed by atoms with van der Waals surface area (Å²) >= 11 is 0. The lowest BCUT2D eigenvalue weighted by Crippen LogP contribution is -2.39. The minimum atomic E-state index is -2.93. The number of hydrogen-bond donors (Lipinski definition) is 2. The van der Waals surface area contributed by atoms with Crippen LogP contribution in [0.1, 0.15) is 26.3 Å². The largest absolute Gasteiger partial charge is 0.490 e. The van der Waals surface area contributed by atoms with Crippen LogP contribution in [0, 0.1) is 0 Å². The van der Waals surface area contributed by atoms with E-state index in [0.717, 1.165) is 0 Å². The number of halogens is 3. The van der Waals surface area contributed by atoms with Crippen LogP contribution in [0.15, 0.2) is 23.2 Å². The number of aliphatic imine (C=N–C) groups is 1. The first-order chi connectivity index (χ1) is 12.1. The van der Waals surface area contributed by atoms with Gasteiger partial charge in [0.05, 0.1) is 19.8 Å². The van der Waals surface area contributed by atoms with Gasteiger partial charge in [-0.25, -0.2) is 4.99 Å². The molecule has 0 aliphatic heterocycles. The van der Waals surface area contributed by atoms with Crippen LogP contribution >= 0.6 is 24.0 Å². The first-order valence-corrected chi connectivity index (χ1v) is 8.41. The molecular weight excluding hydrogens is 459 g/mol. The van der Waals surface area contributed by atoms with Crippen molar-refractivity contribution in [3.05, 3.63) is 23.8 Å². The van der Waals surface area contributed by atoms with E-state index in [9.17, 15) is 8.78 Å². The van der Waals surface area contributed by atoms with Crippen molar-refractivity contribution >= 4 is 29.9 Å². The molecule has 0 amide bonds. The number of benzene rings is 1. The van der Waals surface area contributed by atoms with Gasteiger partial charge in [0.15, 0.2) is 17.5 Å². The summed E-state index contributed by atoms with van der Waals surface area (Å²) in [5.74, 6) is 0.880. The van der Waals surface area contributed by atoms with Gasteiger partial charge in [-0.2, -0.15) is 8.78 Å². The Bertz CT molecular complexity index is 534. The third-order valence-electron chi connectivity index (χ3n) is 3.06. The summed E-state index contributed by atoms with van der Waals surface area (Å²) in [6, 6.07) is 5.01. The average molecular weight is 487 g/mol. The number of alkyl halides is 2. The third-order valence-corrected chi connectivity index (χ3v) is 3.06. The second-order valence-electron chi connectivity index (χ2n) is 4.87. The Morgan fingerprint density at radius 3 is 2.54 bits per heavy atom. The number of guanidine groups is 1. The van der Waals surface area contributed by atoms with Gasteiger partial charge in [0.2, 0.25) is 0 Å². The van der Waals surface area contributed by atoms with E-state index < -0.39 is 6.61 Å². The Balaban J connectivity index is 0.00000625. The summed E-state index contributed by atoms with van der Waals surface area (Å²) in [5.41, 5.74) is 0.522. The zero-order valence-electron chi connectivity index (χ0n) is 15.4. The van der Waals surface area contributed by atoms with E-state index in [4.69, 9.17) is 9.47 Å². The van der Waals surface area contributed by atoms with Crippen LogP contribution in [0.4, 0.5) is 8.78 Å². The van der Waals surface area contributed by atoms with Crippen molar-refractivity contribution in [2.24, 2.45) is 4.99 Å². The van der Waals surface area contributed by atoms with Crippen LogP contribution in [0.25, 0.3) is 0 Å². The van der Waals surface area contributed by atoms with Crippen LogP contribution in [0.5, 0.6) is 11.5 Å². The number of rotatable bonds is 11. The van der Waals surface area contributed by atoms with E-state index in [1.807, 2.05) is 13.8 Å². The Morgan fingerprint density at radius 1 is 1.15 bits per heavy atom. The molecule has 0 radical (unpaired) electrons. The first kappa shape index (κ1) is 24.6. The molecule has 1 aromatic rings. The molecule has 0 saturated heterocycles. The second kappa shape index (κ2) is 14.8. The zero-order valence-corrected chi connectivity index (χ0v) is 17.7. The molecule has 0 aromatic heterocycles. The Hall–Kier alpha value is -1.36. The van der Waals surface area contributed by atoms with E-state index in [1.165, 1.54) is 0 Å². The highest BCUT2D eigenvalue weighted by molar-refractivity contribution is 14.0. The summed E-state index contributed by atoms with van der Waals surface area (Å²) < 4.78 is 40.7. The number of para-hydroxylation sites is 1. The number of nitrogens with zero attached hydrogens (tertiary/aromatic N) is 1. The van der Waals surface area contributed by atoms with Crippen molar-refractivity contribution in [2.75, 3.05) is 32.9 Å². The molecule has 1 aromatic carbocycles. The predicted octanol–water partition coefficient (Wildman–Crippen LogP) is 3.40. The van der Waals surface area contributed by atoms with Crippen molar-refractivity contribution in [1.82, 2.24) is 10.6 Å². The SMILES string of the molecule is CCNC(=NCc1cccc(OCC)c1OC(F)F)NCCOCC.I. The van der Waals surface area contributed by atoms with Gasteiger partial charge >= 0.3 is 6.61 Å². The second-order valence-corrected chi connectivity index (χ2v) is 4.87. The van der Waals surface area contributed by atoms with Crippen LogP contribution in [0.2, 0.25) is 0 Å². The molecule has 150 valence electrons. The van der Waals surface area contributed by atoms with Crippen molar-refractivity contribution in [3.8, 4) is 11.5 Å². The molecule has 0 aliphatic rings. The molecule has 2 N–H and O–H groups in total. The lowest BCUT2D eigenvalue weighted by atomic mass is 10.2. The van der Waals surface area contributed by atoms with Crippen LogP contribution in [-0.4, -0.2) is 45.5 Å². The first-order valence-electron chi connectivity index (χ1n) is 8.41. The predicted molar refractivity (Wildman–Crippen MR) is 109 cm³/mol. The molecule has 9 heteroatoms. The van der Waals surface area contributed by atoms with Gasteiger partial charge in [0, 0.05) is 25.3 Å². The van der Waals surface area contributed by atoms with Crippen LogP contribution < -0.4 is 20.1 Å². The molecule has 1 rings (SSSR count). The van der Waals surface area contributed by atoms with Crippen molar-refractivity contribution in [3.63, 3.8) is 0 Å². The summed E-state index contributed by atoms with van der Waals surface area (Å²) in [7, 11) is 0. The van der Waals surface area contributed by atoms with E-state index in [1.54, 1.807) is 25.1 Å². The van der Waals surface area contributed by atoms with Crippen molar-refractivity contribution < 1.29 is 23.0 Å². The van der Waals surface area contributed by atoms with Crippen LogP contribution in [-0.2, 0) is 11.3 Å². The smallest absolute Gasteiger partial charge is 0.387 e. The van der Waals surface area contributed by atoms with Gasteiger partial charge in [-0.3, -0.25) is 0 Å². The maximum atomic E-state index is 12.7. The minimum Gasteiger partial charge on any atom is -0.490 e. The Kier molecular flexibility index (Phi) is 14.0. The highest BCUT2D eigenvalue weighted by Gasteiger charge is 2.15. The van der Waals surface area contributed by atoms with Gasteiger partial charge in [0.1, 0.15) is 0 Å². The lowest BCUT2D eigenvalue weighted by Gasteiger charge is -2.15. The number of nitrogens with one attached hydrogen (secondary N) is 2. The summed E-state index contributed by atoms with van der Waals surface area (Å²) in [4.78, 5) is 4.41. The van der Waals surface area contributed by atoms with Gasteiger partial charge in [-0.1, -0.05) is 12.1 Å². The van der Waals surface area contributed by atoms with Gasteiger partial charge in [-0.15, -0.1) is 24.0 Å². The highest BCUT2D eigenvalue weighted by atomic mass is 127. The third kappa shape index (κ3) is 9.37. The molecule has 26 heavy (non-hydrogen) atoms. The van der Waals surface area contributed by atoms with Crippen molar-refractivity contribution in [2.45, 2.75) is 33.9 Å². The molecule has 6 nitrogen and oxygen atoms in total. The molecule has 0 aliphatic carbocycles. The van der Waals surface area contributed by atoms with E-state index in [0.29, 0.717) is 44.4 Å². The minimum absolute atomic E-state index is 0. The van der Waals surface area contributed by atoms with Crippen molar-refractivity contribution in [1.29, 1.82) is 0 Å². The van der Waals surface area contributed by atoms with E-state index in [-0.39, 0.29) is 42.0 Å². The maximum absolute atomic E-state index is 12.7. The fourth-order valence-corrected chi connectivity index (χ4v) is 2.07. The quantitative estimate of drug-likeness (QED) is 0.217. The fourth-order valence-electron chi connectivity index (χ4n) is 2.07. The molecule has 0 heterocycles. The maximum Gasteiger partial charge on any atom is 0.387 e. The topological polar surface area (TPSA) is 64.1 Å². The standard InChI is InChI=1S/C17H27F2N3O3.HI/c1-4-20-17(21-10-11-23-5-2)22-12-13-8-7-9-14(24-6-3)15(13)25-16(18)19;/h7-9,16H,4-6,10-12H2,1-3H3,(H2,20,21,22);1H. The monoisotopic (exact) mass is 487 g/mol. The van der Waals surface area contributed by atoms with E-state index in [2.05, 4.69) is 20.4 Å². The molecule has 0 spiro atoms. The molecule has 0 unspecified atom stereocenters. The fraction of sp³-hybridized carbons (Fsp3) is 0.588. The van der Waals surface area contributed by atoms with Gasteiger partial charge in [-0.05, 0) is 26.8 Å². The lowest BCUT2D eigenvalue weighted by molar-refractivity contribution is -0.0520. The number of hydrogen-bond acceptors (Lipinski definition) is 4. The molecular formula is C17H28F2IN3O3. The molecule has 0 atom stereocenters. The Labute approximate surface area is 170 Å². The van der Waals surface area contributed by atoms with Crippen LogP contribution in [0.3, 0.4) is 0 Å². The Morgan fingerprint density at radius 2 is 1.92 bits per heavy atom. The summed E-state index contributed by atoms with van der Waals surface area (Å²) in [6.45, 7) is 5.73. The zero-order chi connectivity index (χ0) is 18.5. The summed E-state index contributed by atoms with van der Waals surface area (Å²) in [5, 5.41) is 6.21. The molecule has 0 bridgehead atoms. The van der Waals surface area contributed by atoms with E-state index >= 15 is 0 Å². The highest BCUT2D eigenvalue weighted by Crippen LogP contribution is 2.33. The normalized spacial score (nSPS) is 11.1. The summed E-state index contributed by atoms with van der Waals surface area (Å²) in [6.07, 6.45) is 0. The molecule has 0 fully saturated rings. The van der Waals surface area contributed by atoms with Gasteiger partial charge in [0.25, 0.3) is 0 Å². The molecule has 0 saturated carbocycles. The average Bonchev–Trinajstić information content (AvgIpc) is 2.58.